The number of rotatable bonds is 10. The van der Waals surface area contributed by atoms with Crippen LogP contribution in [0.1, 0.15) is 47.0 Å². The molecule has 0 spiro atoms. The molecule has 1 fully saturated rings. The van der Waals surface area contributed by atoms with E-state index in [1.807, 2.05) is 13.8 Å². The third kappa shape index (κ3) is 7.20. The van der Waals surface area contributed by atoms with Gasteiger partial charge in [-0.25, -0.2) is 0 Å². The van der Waals surface area contributed by atoms with Crippen LogP contribution in [-0.4, -0.2) is 56.1 Å². The van der Waals surface area contributed by atoms with Crippen molar-refractivity contribution in [2.45, 2.75) is 53.0 Å². The Morgan fingerprint density at radius 1 is 1.03 bits per heavy atom. The van der Waals surface area contributed by atoms with Gasteiger partial charge in [0.15, 0.2) is 11.5 Å². The predicted molar refractivity (Wildman–Crippen MR) is 119 cm³/mol. The van der Waals surface area contributed by atoms with E-state index in [4.69, 9.17) is 9.47 Å². The molecule has 1 aliphatic carbocycles. The second kappa shape index (κ2) is 11.8. The first-order valence-corrected chi connectivity index (χ1v) is 11.0. The maximum Gasteiger partial charge on any atom is 0.238 e. The van der Waals surface area contributed by atoms with Crippen LogP contribution in [0.4, 0.5) is 5.69 Å². The third-order valence-corrected chi connectivity index (χ3v) is 5.71. The summed E-state index contributed by atoms with van der Waals surface area (Å²) in [5.41, 5.74) is 0.634. The van der Waals surface area contributed by atoms with Crippen molar-refractivity contribution < 1.29 is 19.1 Å². The first kappa shape index (κ1) is 24.0. The van der Waals surface area contributed by atoms with Gasteiger partial charge in [0.2, 0.25) is 11.8 Å². The number of carbonyl (C=O) groups excluding carboxylic acids is 2. The molecule has 7 nitrogen and oxygen atoms in total. The monoisotopic (exact) mass is 419 g/mol. The summed E-state index contributed by atoms with van der Waals surface area (Å²) in [7, 11) is 1.77. The molecule has 30 heavy (non-hydrogen) atoms. The Bertz CT molecular complexity index is 710. The molecule has 0 heterocycles. The van der Waals surface area contributed by atoms with Gasteiger partial charge in [-0.05, 0) is 51.3 Å². The van der Waals surface area contributed by atoms with Gasteiger partial charge in [0, 0.05) is 17.8 Å². The molecule has 7 heteroatoms. The molecule has 1 aliphatic rings. The van der Waals surface area contributed by atoms with Crippen molar-refractivity contribution in [3.63, 3.8) is 0 Å². The van der Waals surface area contributed by atoms with Crippen LogP contribution >= 0.6 is 0 Å². The molecule has 168 valence electrons. The molecule has 2 N–H and O–H groups in total. The second-order valence-corrected chi connectivity index (χ2v) is 8.19. The van der Waals surface area contributed by atoms with E-state index < -0.39 is 0 Å². The number of amides is 2. The Morgan fingerprint density at radius 2 is 1.70 bits per heavy atom. The highest BCUT2D eigenvalue weighted by molar-refractivity contribution is 5.93. The minimum atomic E-state index is -0.184. The van der Waals surface area contributed by atoms with Crippen molar-refractivity contribution in [1.29, 1.82) is 0 Å². The quantitative estimate of drug-likeness (QED) is 0.608. The lowest BCUT2D eigenvalue weighted by atomic mass is 9.78. The van der Waals surface area contributed by atoms with E-state index in [2.05, 4.69) is 24.5 Å². The molecule has 3 atom stereocenters. The van der Waals surface area contributed by atoms with E-state index in [1.54, 1.807) is 30.1 Å². The lowest BCUT2D eigenvalue weighted by molar-refractivity contribution is -0.124. The Hall–Kier alpha value is -2.28. The zero-order valence-corrected chi connectivity index (χ0v) is 19.0. The van der Waals surface area contributed by atoms with Gasteiger partial charge < -0.3 is 20.1 Å². The average Bonchev–Trinajstić information content (AvgIpc) is 2.67. The molecule has 2 rings (SSSR count). The molecular weight excluding hydrogens is 382 g/mol. The van der Waals surface area contributed by atoms with E-state index >= 15 is 0 Å². The molecule has 2 amide bonds. The number of benzene rings is 1. The van der Waals surface area contributed by atoms with Crippen LogP contribution in [0.2, 0.25) is 0 Å². The van der Waals surface area contributed by atoms with E-state index in [9.17, 15) is 9.59 Å². The molecule has 0 aliphatic heterocycles. The van der Waals surface area contributed by atoms with Gasteiger partial charge in [-0.1, -0.05) is 26.7 Å². The SMILES string of the molecule is CCOc1ccc(NC(=O)CN(C)CC(=O)N[C@@H]2CCC[C@@H](C)[C@H]2C)cc1OCC. The van der Waals surface area contributed by atoms with Gasteiger partial charge >= 0.3 is 0 Å². The van der Waals surface area contributed by atoms with E-state index in [0.717, 1.165) is 12.8 Å². The average molecular weight is 420 g/mol. The van der Waals surface area contributed by atoms with Gasteiger partial charge in [0.05, 0.1) is 26.3 Å². The molecule has 0 unspecified atom stereocenters. The van der Waals surface area contributed by atoms with Crippen molar-refractivity contribution in [2.75, 3.05) is 38.7 Å². The summed E-state index contributed by atoms with van der Waals surface area (Å²) in [4.78, 5) is 26.5. The summed E-state index contributed by atoms with van der Waals surface area (Å²) >= 11 is 0. The standard InChI is InChI=1S/C23H37N3O4/c1-6-29-20-12-11-18(13-21(20)30-7-2)24-22(27)14-26(5)15-23(28)25-19-10-8-9-16(3)17(19)4/h11-13,16-17,19H,6-10,14-15H2,1-5H3,(H,24,27)(H,25,28)/t16-,17-,19-/m1/s1. The summed E-state index contributed by atoms with van der Waals surface area (Å²) in [6.45, 7) is 9.63. The zero-order chi connectivity index (χ0) is 22.1. The van der Waals surface area contributed by atoms with Crippen molar-refractivity contribution in [3.8, 4) is 11.5 Å². The minimum absolute atomic E-state index is 0.0315. The highest BCUT2D eigenvalue weighted by Crippen LogP contribution is 2.31. The normalized spacial score (nSPS) is 21.2. The van der Waals surface area contributed by atoms with Crippen LogP contribution in [0.25, 0.3) is 0 Å². The van der Waals surface area contributed by atoms with Crippen molar-refractivity contribution in [2.24, 2.45) is 11.8 Å². The zero-order valence-electron chi connectivity index (χ0n) is 19.0. The van der Waals surface area contributed by atoms with Gasteiger partial charge in [-0.15, -0.1) is 0 Å². The van der Waals surface area contributed by atoms with Crippen LogP contribution in [-0.2, 0) is 9.59 Å². The van der Waals surface area contributed by atoms with Crippen LogP contribution < -0.4 is 20.1 Å². The minimum Gasteiger partial charge on any atom is -0.490 e. The first-order valence-electron chi connectivity index (χ1n) is 11.0. The first-order chi connectivity index (χ1) is 14.3. The molecule has 0 aromatic heterocycles. The molecular formula is C23H37N3O4. The fourth-order valence-corrected chi connectivity index (χ4v) is 3.91. The number of anilines is 1. The molecule has 1 saturated carbocycles. The summed E-state index contributed by atoms with van der Waals surface area (Å²) in [5, 5.41) is 6.01. The third-order valence-electron chi connectivity index (χ3n) is 5.71. The van der Waals surface area contributed by atoms with Crippen LogP contribution in [0.15, 0.2) is 18.2 Å². The summed E-state index contributed by atoms with van der Waals surface area (Å²) in [6, 6.07) is 5.55. The summed E-state index contributed by atoms with van der Waals surface area (Å²) < 4.78 is 11.1. The van der Waals surface area contributed by atoms with Crippen molar-refractivity contribution >= 4 is 17.5 Å². The lowest BCUT2D eigenvalue weighted by Crippen LogP contribution is -2.47. The number of nitrogens with one attached hydrogen (secondary N) is 2. The van der Waals surface area contributed by atoms with Gasteiger partial charge in [-0.2, -0.15) is 0 Å². The molecule has 0 radical (unpaired) electrons. The van der Waals surface area contributed by atoms with E-state index in [1.165, 1.54) is 6.42 Å². The van der Waals surface area contributed by atoms with Crippen LogP contribution in [0, 0.1) is 11.8 Å². The number of nitrogens with zero attached hydrogens (tertiary/aromatic N) is 1. The van der Waals surface area contributed by atoms with Gasteiger partial charge in [-0.3, -0.25) is 14.5 Å². The predicted octanol–water partition coefficient (Wildman–Crippen LogP) is 3.30. The van der Waals surface area contributed by atoms with Gasteiger partial charge in [0.1, 0.15) is 0 Å². The molecule has 1 aromatic carbocycles. The highest BCUT2D eigenvalue weighted by Gasteiger charge is 2.28. The molecule has 0 bridgehead atoms. The summed E-state index contributed by atoms with van der Waals surface area (Å²) in [5.74, 6) is 2.14. The fraction of sp³-hybridized carbons (Fsp3) is 0.652. The van der Waals surface area contributed by atoms with E-state index in [-0.39, 0.29) is 30.9 Å². The number of likely N-dealkylation sites (N-methyl/N-ethyl adjacent to an activating group) is 1. The Balaban J connectivity index is 1.84. The lowest BCUT2D eigenvalue weighted by Gasteiger charge is -2.34. The van der Waals surface area contributed by atoms with Crippen LogP contribution in [0.5, 0.6) is 11.5 Å². The maximum absolute atomic E-state index is 12.4. The van der Waals surface area contributed by atoms with E-state index in [0.29, 0.717) is 42.2 Å². The highest BCUT2D eigenvalue weighted by atomic mass is 16.5. The summed E-state index contributed by atoms with van der Waals surface area (Å²) in [6.07, 6.45) is 3.41. The van der Waals surface area contributed by atoms with Crippen molar-refractivity contribution in [1.82, 2.24) is 10.2 Å². The Morgan fingerprint density at radius 3 is 2.40 bits per heavy atom. The topological polar surface area (TPSA) is 79.9 Å². The molecule has 0 saturated heterocycles. The Kier molecular flexibility index (Phi) is 9.43. The van der Waals surface area contributed by atoms with Gasteiger partial charge in [0.25, 0.3) is 0 Å². The largest absolute Gasteiger partial charge is 0.490 e. The Labute approximate surface area is 180 Å². The number of hydrogen-bond donors (Lipinski definition) is 2. The van der Waals surface area contributed by atoms with Crippen LogP contribution in [0.3, 0.4) is 0 Å². The smallest absolute Gasteiger partial charge is 0.238 e. The van der Waals surface area contributed by atoms with Crippen molar-refractivity contribution in [3.05, 3.63) is 18.2 Å². The maximum atomic E-state index is 12.4. The number of ether oxygens (including phenoxy) is 2. The fourth-order valence-electron chi connectivity index (χ4n) is 3.91. The number of carbonyl (C=O) groups is 2. The molecule has 1 aromatic rings. The number of hydrogen-bond acceptors (Lipinski definition) is 5. The second-order valence-electron chi connectivity index (χ2n) is 8.19.